The molecule has 0 saturated carbocycles. The van der Waals surface area contributed by atoms with E-state index in [0.717, 1.165) is 18.7 Å². The van der Waals surface area contributed by atoms with Crippen LogP contribution < -0.4 is 11.1 Å². The number of nitrogens with zero attached hydrogens (tertiary/aromatic N) is 1. The smallest absolute Gasteiger partial charge is 0.229 e. The number of H-pyrrole nitrogens is 1. The molecule has 18 heavy (non-hydrogen) atoms. The van der Waals surface area contributed by atoms with E-state index in [1.54, 1.807) is 12.4 Å². The Labute approximate surface area is 106 Å². The van der Waals surface area contributed by atoms with E-state index < -0.39 is 5.41 Å². The molecule has 2 unspecified atom stereocenters. The van der Waals surface area contributed by atoms with E-state index in [-0.39, 0.29) is 11.9 Å². The predicted molar refractivity (Wildman–Crippen MR) is 66.8 cm³/mol. The highest BCUT2D eigenvalue weighted by atomic mass is 16.5. The average Bonchev–Trinajstić information content (AvgIpc) is 2.97. The summed E-state index contributed by atoms with van der Waals surface area (Å²) in [5.74, 6) is 0.920. The number of rotatable bonds is 5. The van der Waals surface area contributed by atoms with Crippen molar-refractivity contribution in [1.82, 2.24) is 15.3 Å². The first-order valence-electron chi connectivity index (χ1n) is 6.23. The summed E-state index contributed by atoms with van der Waals surface area (Å²) in [6, 6.07) is -0.220. The molecule has 1 aromatic heterocycles. The second-order valence-electron chi connectivity index (χ2n) is 4.93. The van der Waals surface area contributed by atoms with Crippen LogP contribution in [-0.2, 0) is 16.0 Å². The molecule has 2 rings (SSSR count). The second kappa shape index (κ2) is 5.49. The quantitative estimate of drug-likeness (QED) is 0.634. The van der Waals surface area contributed by atoms with Crippen molar-refractivity contribution in [2.24, 2.45) is 11.1 Å². The normalized spacial score (nSPS) is 27.3. The lowest BCUT2D eigenvalue weighted by Gasteiger charge is -2.25. The Balaban J connectivity index is 1.72. The molecule has 2 heterocycles. The zero-order valence-corrected chi connectivity index (χ0v) is 10.6. The molecule has 1 fully saturated rings. The van der Waals surface area contributed by atoms with Crippen LogP contribution in [-0.4, -0.2) is 41.7 Å². The van der Waals surface area contributed by atoms with Gasteiger partial charge in [0, 0.05) is 31.4 Å². The number of aromatic amines is 1. The minimum absolute atomic E-state index is 0.0213. The molecule has 6 heteroatoms. The van der Waals surface area contributed by atoms with Crippen molar-refractivity contribution in [2.75, 3.05) is 19.8 Å². The van der Waals surface area contributed by atoms with Crippen molar-refractivity contribution in [3.8, 4) is 0 Å². The van der Waals surface area contributed by atoms with E-state index >= 15 is 0 Å². The molecular formula is C12H20N4O2. The van der Waals surface area contributed by atoms with Gasteiger partial charge in [0.2, 0.25) is 5.91 Å². The van der Waals surface area contributed by atoms with Gasteiger partial charge < -0.3 is 20.8 Å². The fraction of sp³-hybridized carbons (Fsp3) is 0.667. The molecule has 1 amide bonds. The number of imidazole rings is 1. The fourth-order valence-corrected chi connectivity index (χ4v) is 2.02. The Bertz CT molecular complexity index is 393. The highest BCUT2D eigenvalue weighted by Crippen LogP contribution is 2.26. The topological polar surface area (TPSA) is 93.0 Å². The number of ether oxygens (including phenoxy) is 1. The van der Waals surface area contributed by atoms with Gasteiger partial charge >= 0.3 is 0 Å². The van der Waals surface area contributed by atoms with Crippen molar-refractivity contribution in [2.45, 2.75) is 25.8 Å². The summed E-state index contributed by atoms with van der Waals surface area (Å²) in [6.07, 6.45) is 5.20. The Morgan fingerprint density at radius 1 is 1.78 bits per heavy atom. The average molecular weight is 252 g/mol. The molecule has 1 aliphatic heterocycles. The second-order valence-corrected chi connectivity index (χ2v) is 4.93. The van der Waals surface area contributed by atoms with Crippen LogP contribution in [0.2, 0.25) is 0 Å². The molecule has 1 saturated heterocycles. The molecule has 0 bridgehead atoms. The van der Waals surface area contributed by atoms with Crippen LogP contribution in [0.1, 0.15) is 19.2 Å². The van der Waals surface area contributed by atoms with E-state index in [0.29, 0.717) is 19.8 Å². The van der Waals surface area contributed by atoms with E-state index in [1.165, 1.54) is 0 Å². The SMILES string of the molecule is CC1(C(=O)NCCCc2ncc[nH]2)COCC1N. The van der Waals surface area contributed by atoms with Crippen LogP contribution in [0.15, 0.2) is 12.4 Å². The van der Waals surface area contributed by atoms with E-state index in [2.05, 4.69) is 15.3 Å². The first kappa shape index (κ1) is 13.0. The molecule has 0 radical (unpaired) electrons. The molecule has 0 aromatic carbocycles. The van der Waals surface area contributed by atoms with Gasteiger partial charge in [0.05, 0.1) is 18.6 Å². The lowest BCUT2D eigenvalue weighted by Crippen LogP contribution is -2.50. The van der Waals surface area contributed by atoms with Gasteiger partial charge in [-0.25, -0.2) is 4.98 Å². The van der Waals surface area contributed by atoms with Crippen LogP contribution in [0.3, 0.4) is 0 Å². The number of hydrogen-bond donors (Lipinski definition) is 3. The maximum atomic E-state index is 12.0. The lowest BCUT2D eigenvalue weighted by molar-refractivity contribution is -0.130. The first-order valence-corrected chi connectivity index (χ1v) is 6.23. The monoisotopic (exact) mass is 252 g/mol. The molecule has 100 valence electrons. The predicted octanol–water partition coefficient (Wildman–Crippen LogP) is -0.178. The minimum Gasteiger partial charge on any atom is -0.379 e. The third-order valence-electron chi connectivity index (χ3n) is 3.47. The molecule has 4 N–H and O–H groups in total. The molecule has 0 spiro atoms. The van der Waals surface area contributed by atoms with E-state index in [9.17, 15) is 4.79 Å². The fourth-order valence-electron chi connectivity index (χ4n) is 2.02. The maximum Gasteiger partial charge on any atom is 0.229 e. The number of carbonyl (C=O) groups is 1. The Morgan fingerprint density at radius 3 is 3.22 bits per heavy atom. The summed E-state index contributed by atoms with van der Waals surface area (Å²) in [6.45, 7) is 3.34. The summed E-state index contributed by atoms with van der Waals surface area (Å²) in [7, 11) is 0. The zero-order chi connectivity index (χ0) is 13.0. The third kappa shape index (κ3) is 2.70. The van der Waals surface area contributed by atoms with Crippen LogP contribution >= 0.6 is 0 Å². The van der Waals surface area contributed by atoms with Crippen molar-refractivity contribution in [3.63, 3.8) is 0 Å². The standard InChI is InChI=1S/C12H20N4O2/c1-12(8-18-7-9(12)13)11(17)16-4-2-3-10-14-5-6-15-10/h5-6,9H,2-4,7-8,13H2,1H3,(H,14,15)(H,16,17). The van der Waals surface area contributed by atoms with Crippen molar-refractivity contribution in [3.05, 3.63) is 18.2 Å². The van der Waals surface area contributed by atoms with Crippen LogP contribution in [0.5, 0.6) is 0 Å². The summed E-state index contributed by atoms with van der Waals surface area (Å²) in [4.78, 5) is 19.2. The Kier molecular flexibility index (Phi) is 3.98. The number of aryl methyl sites for hydroxylation is 1. The van der Waals surface area contributed by atoms with Crippen molar-refractivity contribution in [1.29, 1.82) is 0 Å². The zero-order valence-electron chi connectivity index (χ0n) is 10.6. The molecular weight excluding hydrogens is 232 g/mol. The first-order chi connectivity index (χ1) is 8.63. The lowest BCUT2D eigenvalue weighted by atomic mass is 9.85. The number of nitrogens with one attached hydrogen (secondary N) is 2. The van der Waals surface area contributed by atoms with Gasteiger partial charge in [0.15, 0.2) is 0 Å². The third-order valence-corrected chi connectivity index (χ3v) is 3.47. The molecule has 6 nitrogen and oxygen atoms in total. The van der Waals surface area contributed by atoms with Gasteiger partial charge in [-0.05, 0) is 13.3 Å². The summed E-state index contributed by atoms with van der Waals surface area (Å²) in [5.41, 5.74) is 5.30. The summed E-state index contributed by atoms with van der Waals surface area (Å²) >= 11 is 0. The van der Waals surface area contributed by atoms with Gasteiger partial charge in [-0.2, -0.15) is 0 Å². The van der Waals surface area contributed by atoms with Gasteiger partial charge in [-0.3, -0.25) is 4.79 Å². The van der Waals surface area contributed by atoms with Crippen molar-refractivity contribution < 1.29 is 9.53 Å². The van der Waals surface area contributed by atoms with Gasteiger partial charge in [0.1, 0.15) is 5.82 Å². The van der Waals surface area contributed by atoms with Crippen LogP contribution in [0.4, 0.5) is 0 Å². The summed E-state index contributed by atoms with van der Waals surface area (Å²) in [5, 5.41) is 2.92. The van der Waals surface area contributed by atoms with Gasteiger partial charge in [-0.15, -0.1) is 0 Å². The highest BCUT2D eigenvalue weighted by molar-refractivity contribution is 5.83. The molecule has 1 aromatic rings. The number of carbonyl (C=O) groups excluding carboxylic acids is 1. The van der Waals surface area contributed by atoms with Crippen LogP contribution in [0.25, 0.3) is 0 Å². The number of nitrogens with two attached hydrogens (primary N) is 1. The largest absolute Gasteiger partial charge is 0.379 e. The Hall–Kier alpha value is -1.40. The van der Waals surface area contributed by atoms with Gasteiger partial charge in [0.25, 0.3) is 0 Å². The number of aromatic nitrogens is 2. The van der Waals surface area contributed by atoms with E-state index in [1.807, 2.05) is 6.92 Å². The highest BCUT2D eigenvalue weighted by Gasteiger charge is 2.44. The molecule has 2 atom stereocenters. The van der Waals surface area contributed by atoms with Gasteiger partial charge in [-0.1, -0.05) is 0 Å². The molecule has 1 aliphatic rings. The number of amides is 1. The van der Waals surface area contributed by atoms with E-state index in [4.69, 9.17) is 10.5 Å². The maximum absolute atomic E-state index is 12.0. The van der Waals surface area contributed by atoms with Crippen LogP contribution in [0, 0.1) is 5.41 Å². The molecule has 0 aliphatic carbocycles. The minimum atomic E-state index is -0.593. The summed E-state index contributed by atoms with van der Waals surface area (Å²) < 4.78 is 5.26. The number of hydrogen-bond acceptors (Lipinski definition) is 4. The Morgan fingerprint density at radius 2 is 2.61 bits per heavy atom. The van der Waals surface area contributed by atoms with Crippen molar-refractivity contribution >= 4 is 5.91 Å².